The van der Waals surface area contributed by atoms with E-state index in [1.54, 1.807) is 0 Å². The highest BCUT2D eigenvalue weighted by molar-refractivity contribution is 7.90. The van der Waals surface area contributed by atoms with Crippen molar-refractivity contribution in [1.29, 1.82) is 0 Å². The molecule has 0 saturated heterocycles. The molecule has 1 rings (SSSR count). The third-order valence-corrected chi connectivity index (χ3v) is 4.28. The lowest BCUT2D eigenvalue weighted by molar-refractivity contribution is -0.153. The van der Waals surface area contributed by atoms with E-state index in [2.05, 4.69) is 0 Å². The molecule has 1 aliphatic rings. The first-order valence-electron chi connectivity index (χ1n) is 5.79. The number of sulfone groups is 1. The van der Waals surface area contributed by atoms with Crippen LogP contribution in [0.2, 0.25) is 0 Å². The maximum absolute atomic E-state index is 11.8. The Kier molecular flexibility index (Phi) is 4.55. The summed E-state index contributed by atoms with van der Waals surface area (Å²) >= 11 is 0. The van der Waals surface area contributed by atoms with E-state index in [1.165, 1.54) is 13.4 Å². The van der Waals surface area contributed by atoms with Crippen LogP contribution >= 0.6 is 0 Å². The third kappa shape index (κ3) is 4.27. The number of hydrogen-bond acceptors (Lipinski definition) is 5. The zero-order valence-corrected chi connectivity index (χ0v) is 11.3. The van der Waals surface area contributed by atoms with Crippen molar-refractivity contribution >= 4 is 15.8 Å². The van der Waals surface area contributed by atoms with Gasteiger partial charge >= 0.3 is 5.97 Å². The lowest BCUT2D eigenvalue weighted by atomic mass is 9.80. The molecule has 1 aliphatic carbocycles. The number of ether oxygens (including phenoxy) is 1. The molecule has 0 aromatic heterocycles. The van der Waals surface area contributed by atoms with Gasteiger partial charge in [0.15, 0.2) is 0 Å². The number of nitrogens with two attached hydrogens (primary N) is 1. The molecule has 0 spiro atoms. The fraction of sp³-hybridized carbons (Fsp3) is 0.909. The van der Waals surface area contributed by atoms with E-state index in [0.29, 0.717) is 12.3 Å². The van der Waals surface area contributed by atoms with Crippen LogP contribution in [-0.4, -0.2) is 40.1 Å². The van der Waals surface area contributed by atoms with Crippen molar-refractivity contribution in [3.63, 3.8) is 0 Å². The van der Waals surface area contributed by atoms with Crippen molar-refractivity contribution in [2.75, 3.05) is 25.7 Å². The second-order valence-electron chi connectivity index (χ2n) is 5.00. The molecular weight excluding hydrogens is 242 g/mol. The predicted molar refractivity (Wildman–Crippen MR) is 65.2 cm³/mol. The van der Waals surface area contributed by atoms with Crippen LogP contribution in [0, 0.1) is 11.3 Å². The highest BCUT2D eigenvalue weighted by Crippen LogP contribution is 2.42. The highest BCUT2D eigenvalue weighted by atomic mass is 32.2. The molecule has 0 aliphatic heterocycles. The Hall–Kier alpha value is -0.620. The Labute approximate surface area is 103 Å². The minimum Gasteiger partial charge on any atom is -0.469 e. The van der Waals surface area contributed by atoms with Crippen molar-refractivity contribution in [2.45, 2.75) is 25.7 Å². The first kappa shape index (κ1) is 14.4. The standard InChI is InChI=1S/C11H21NO4S/c1-16-10(13)11(8-12,7-9-3-4-9)5-6-17(2,14)15/h9H,3-8,12H2,1-2H3. The smallest absolute Gasteiger partial charge is 0.313 e. The van der Waals surface area contributed by atoms with Crippen molar-refractivity contribution in [3.05, 3.63) is 0 Å². The summed E-state index contributed by atoms with van der Waals surface area (Å²) in [5.41, 5.74) is 4.87. The lowest BCUT2D eigenvalue weighted by Gasteiger charge is -2.29. The van der Waals surface area contributed by atoms with Gasteiger partial charge in [0.2, 0.25) is 0 Å². The highest BCUT2D eigenvalue weighted by Gasteiger charge is 2.43. The van der Waals surface area contributed by atoms with E-state index in [4.69, 9.17) is 10.5 Å². The first-order valence-corrected chi connectivity index (χ1v) is 7.85. The van der Waals surface area contributed by atoms with Gasteiger partial charge in [0.1, 0.15) is 9.84 Å². The Balaban J connectivity index is 2.77. The zero-order chi connectivity index (χ0) is 13.1. The van der Waals surface area contributed by atoms with Crippen molar-refractivity contribution < 1.29 is 17.9 Å². The Morgan fingerprint density at radius 2 is 2.06 bits per heavy atom. The maximum Gasteiger partial charge on any atom is 0.313 e. The summed E-state index contributed by atoms with van der Waals surface area (Å²) in [4.78, 5) is 11.8. The van der Waals surface area contributed by atoms with Crippen molar-refractivity contribution in [1.82, 2.24) is 0 Å². The SMILES string of the molecule is COC(=O)C(CN)(CCS(C)(=O)=O)CC1CC1. The summed E-state index contributed by atoms with van der Waals surface area (Å²) in [6.07, 6.45) is 4.26. The molecule has 100 valence electrons. The normalized spacial score (nSPS) is 19.7. The molecule has 17 heavy (non-hydrogen) atoms. The monoisotopic (exact) mass is 263 g/mol. The van der Waals surface area contributed by atoms with Crippen molar-refractivity contribution in [3.8, 4) is 0 Å². The summed E-state index contributed by atoms with van der Waals surface area (Å²) < 4.78 is 27.2. The number of carbonyl (C=O) groups is 1. The van der Waals surface area contributed by atoms with Gasteiger partial charge in [-0.15, -0.1) is 0 Å². The molecule has 5 nitrogen and oxygen atoms in total. The second-order valence-corrected chi connectivity index (χ2v) is 7.26. The summed E-state index contributed by atoms with van der Waals surface area (Å²) in [6.45, 7) is 0.145. The average Bonchev–Trinajstić information content (AvgIpc) is 3.05. The molecule has 0 bridgehead atoms. The second kappa shape index (κ2) is 5.35. The quantitative estimate of drug-likeness (QED) is 0.669. The zero-order valence-electron chi connectivity index (χ0n) is 10.4. The largest absolute Gasteiger partial charge is 0.469 e. The van der Waals surface area contributed by atoms with E-state index in [9.17, 15) is 13.2 Å². The number of carbonyl (C=O) groups excluding carboxylic acids is 1. The van der Waals surface area contributed by atoms with Gasteiger partial charge in [0.25, 0.3) is 0 Å². The molecule has 0 aromatic rings. The summed E-state index contributed by atoms with van der Waals surface area (Å²) in [5.74, 6) is 0.0965. The summed E-state index contributed by atoms with van der Waals surface area (Å²) in [5, 5.41) is 0. The van der Waals surface area contributed by atoms with Gasteiger partial charge < -0.3 is 10.5 Å². The summed E-state index contributed by atoms with van der Waals surface area (Å²) in [6, 6.07) is 0. The van der Waals surface area contributed by atoms with Gasteiger partial charge in [0, 0.05) is 12.8 Å². The van der Waals surface area contributed by atoms with Crippen LogP contribution in [0.15, 0.2) is 0 Å². The maximum atomic E-state index is 11.8. The van der Waals surface area contributed by atoms with E-state index >= 15 is 0 Å². The third-order valence-electron chi connectivity index (χ3n) is 3.34. The molecule has 0 amide bonds. The first-order chi connectivity index (χ1) is 7.83. The summed E-state index contributed by atoms with van der Waals surface area (Å²) in [7, 11) is -1.77. The van der Waals surface area contributed by atoms with Gasteiger partial charge in [-0.2, -0.15) is 0 Å². The van der Waals surface area contributed by atoms with E-state index in [0.717, 1.165) is 12.8 Å². The van der Waals surface area contributed by atoms with Gasteiger partial charge in [-0.25, -0.2) is 8.42 Å². The molecule has 6 heteroatoms. The topological polar surface area (TPSA) is 86.5 Å². The molecular formula is C11H21NO4S. The molecule has 1 atom stereocenters. The van der Waals surface area contributed by atoms with Crippen LogP contribution in [0.4, 0.5) is 0 Å². The Morgan fingerprint density at radius 1 is 1.47 bits per heavy atom. The van der Waals surface area contributed by atoms with Crippen molar-refractivity contribution in [2.24, 2.45) is 17.1 Å². The van der Waals surface area contributed by atoms with Crippen LogP contribution in [0.3, 0.4) is 0 Å². The predicted octanol–water partition coefficient (Wildman–Crippen LogP) is 0.339. The Morgan fingerprint density at radius 3 is 2.41 bits per heavy atom. The molecule has 0 heterocycles. The minimum atomic E-state index is -3.09. The molecule has 0 aromatic carbocycles. The van der Waals surface area contributed by atoms with E-state index in [1.807, 2.05) is 0 Å². The molecule has 1 unspecified atom stereocenters. The lowest BCUT2D eigenvalue weighted by Crippen LogP contribution is -2.41. The van der Waals surface area contributed by atoms with Crippen LogP contribution in [0.5, 0.6) is 0 Å². The number of rotatable bonds is 7. The minimum absolute atomic E-state index is 0.0218. The fourth-order valence-electron chi connectivity index (χ4n) is 2.03. The van der Waals surface area contributed by atoms with Gasteiger partial charge in [-0.1, -0.05) is 12.8 Å². The van der Waals surface area contributed by atoms with Crippen LogP contribution in [-0.2, 0) is 19.4 Å². The number of hydrogen-bond donors (Lipinski definition) is 1. The van der Waals surface area contributed by atoms with Crippen LogP contribution in [0.1, 0.15) is 25.7 Å². The van der Waals surface area contributed by atoms with E-state index in [-0.39, 0.29) is 24.7 Å². The number of esters is 1. The molecule has 0 radical (unpaired) electrons. The van der Waals surface area contributed by atoms with Gasteiger partial charge in [0.05, 0.1) is 18.3 Å². The molecule has 1 fully saturated rings. The fourth-order valence-corrected chi connectivity index (χ4v) is 2.79. The molecule has 1 saturated carbocycles. The van der Waals surface area contributed by atoms with Gasteiger partial charge in [-0.3, -0.25) is 4.79 Å². The van der Waals surface area contributed by atoms with Gasteiger partial charge in [-0.05, 0) is 18.8 Å². The van der Waals surface area contributed by atoms with Crippen LogP contribution < -0.4 is 5.73 Å². The number of methoxy groups -OCH3 is 1. The van der Waals surface area contributed by atoms with E-state index < -0.39 is 15.3 Å². The average molecular weight is 263 g/mol. The Bertz CT molecular complexity index is 375. The van der Waals surface area contributed by atoms with Crippen LogP contribution in [0.25, 0.3) is 0 Å². The molecule has 2 N–H and O–H groups in total.